The molecule has 0 fully saturated rings. The van der Waals surface area contributed by atoms with Crippen LogP contribution >= 0.6 is 0 Å². The molecule has 2 aromatic rings. The van der Waals surface area contributed by atoms with Gasteiger partial charge in [0.15, 0.2) is 0 Å². The maximum Gasteiger partial charge on any atom is 0.0682 e. The van der Waals surface area contributed by atoms with Crippen molar-refractivity contribution in [2.75, 3.05) is 0 Å². The van der Waals surface area contributed by atoms with Crippen molar-refractivity contribution in [1.29, 1.82) is 0 Å². The molecule has 0 unspecified atom stereocenters. The van der Waals surface area contributed by atoms with E-state index in [2.05, 4.69) is 47.7 Å². The number of fused-ring (bicyclic) bond motifs is 2. The van der Waals surface area contributed by atoms with Crippen LogP contribution in [0.4, 0.5) is 0 Å². The molecule has 1 aliphatic heterocycles. The second kappa shape index (κ2) is 7.54. The molecule has 132 valence electrons. The molecule has 0 amide bonds. The molecule has 0 bridgehead atoms. The molecule has 4 heteroatoms. The zero-order valence-electron chi connectivity index (χ0n) is 15.7. The summed E-state index contributed by atoms with van der Waals surface area (Å²) in [7, 11) is 0. The van der Waals surface area contributed by atoms with Crippen LogP contribution in [-0.2, 0) is 25.8 Å². The van der Waals surface area contributed by atoms with Crippen LogP contribution in [0, 0.1) is 0 Å². The van der Waals surface area contributed by atoms with Crippen molar-refractivity contribution in [3.63, 3.8) is 0 Å². The summed E-state index contributed by atoms with van der Waals surface area (Å²) in [5, 5.41) is 11.9. The lowest BCUT2D eigenvalue weighted by Gasteiger charge is -2.15. The van der Waals surface area contributed by atoms with Crippen LogP contribution in [0.5, 0.6) is 0 Å². The van der Waals surface area contributed by atoms with Crippen LogP contribution in [0.1, 0.15) is 93.4 Å². The Labute approximate surface area is 146 Å². The summed E-state index contributed by atoms with van der Waals surface area (Å²) >= 11 is 0. The predicted molar refractivity (Wildman–Crippen MR) is 98.6 cm³/mol. The summed E-state index contributed by atoms with van der Waals surface area (Å²) < 4.78 is 2.18. The van der Waals surface area contributed by atoms with Crippen LogP contribution in [-0.4, -0.2) is 20.0 Å². The summed E-state index contributed by atoms with van der Waals surface area (Å²) in [6.45, 7) is 10.0. The van der Waals surface area contributed by atoms with Gasteiger partial charge in [0.2, 0.25) is 0 Å². The van der Waals surface area contributed by atoms with Gasteiger partial charge in [0.25, 0.3) is 0 Å². The lowest BCUT2D eigenvalue weighted by Crippen LogP contribution is -2.12. The minimum atomic E-state index is 0.572. The third-order valence-corrected chi connectivity index (χ3v) is 5.27. The van der Waals surface area contributed by atoms with E-state index in [1.54, 1.807) is 0 Å². The molecular weight excluding hydrogens is 296 g/mol. The first-order valence-corrected chi connectivity index (χ1v) is 9.68. The standard InChI is InChI=1S/2C10H16N2/c1-8(2)9-7-11-12-6-4-3-5-10(9)12;1-7(2)10-8-5-3-4-6-9(8)11-12-10/h7-8H,3-6H2,1-2H3;7H,3-6H2,1-2H3,(H,11,12). The van der Waals surface area contributed by atoms with Gasteiger partial charge in [-0.25, -0.2) is 0 Å². The first-order chi connectivity index (χ1) is 11.6. The van der Waals surface area contributed by atoms with E-state index in [1.807, 2.05) is 6.20 Å². The van der Waals surface area contributed by atoms with Crippen LogP contribution in [0.2, 0.25) is 0 Å². The summed E-state index contributed by atoms with van der Waals surface area (Å²) in [6.07, 6.45) is 11.0. The van der Waals surface area contributed by atoms with Gasteiger partial charge in [-0.05, 0) is 67.9 Å². The number of rotatable bonds is 2. The molecule has 0 saturated carbocycles. The first kappa shape index (κ1) is 17.2. The van der Waals surface area contributed by atoms with E-state index in [1.165, 1.54) is 73.2 Å². The lowest BCUT2D eigenvalue weighted by molar-refractivity contribution is 0.483. The second-order valence-corrected chi connectivity index (χ2v) is 7.81. The third kappa shape index (κ3) is 3.57. The normalized spacial score (nSPS) is 16.6. The van der Waals surface area contributed by atoms with E-state index >= 15 is 0 Å². The average molecular weight is 329 g/mol. The van der Waals surface area contributed by atoms with Gasteiger partial charge in [-0.3, -0.25) is 9.78 Å². The molecule has 3 heterocycles. The van der Waals surface area contributed by atoms with E-state index in [0.717, 1.165) is 6.54 Å². The molecular formula is C20H32N4. The highest BCUT2D eigenvalue weighted by molar-refractivity contribution is 5.29. The summed E-state index contributed by atoms with van der Waals surface area (Å²) in [6, 6.07) is 0. The van der Waals surface area contributed by atoms with Crippen LogP contribution in [0.3, 0.4) is 0 Å². The van der Waals surface area contributed by atoms with Crippen LogP contribution in [0.25, 0.3) is 0 Å². The Morgan fingerprint density at radius 2 is 1.71 bits per heavy atom. The largest absolute Gasteiger partial charge is 0.282 e. The highest BCUT2D eigenvalue weighted by atomic mass is 15.3. The summed E-state index contributed by atoms with van der Waals surface area (Å²) in [5.74, 6) is 1.20. The molecule has 0 radical (unpaired) electrons. The van der Waals surface area contributed by atoms with Crippen molar-refractivity contribution in [3.8, 4) is 0 Å². The van der Waals surface area contributed by atoms with E-state index in [0.29, 0.717) is 11.8 Å². The fourth-order valence-electron chi connectivity index (χ4n) is 3.91. The van der Waals surface area contributed by atoms with Gasteiger partial charge in [0.05, 0.1) is 11.9 Å². The lowest BCUT2D eigenvalue weighted by atomic mass is 9.93. The van der Waals surface area contributed by atoms with Crippen LogP contribution < -0.4 is 0 Å². The number of nitrogens with zero attached hydrogens (tertiary/aromatic N) is 3. The maximum absolute atomic E-state index is 4.39. The van der Waals surface area contributed by atoms with Gasteiger partial charge >= 0.3 is 0 Å². The minimum Gasteiger partial charge on any atom is -0.282 e. The van der Waals surface area contributed by atoms with Crippen molar-refractivity contribution in [1.82, 2.24) is 20.0 Å². The molecule has 0 spiro atoms. The Bertz CT molecular complexity index is 605. The molecule has 1 aliphatic carbocycles. The first-order valence-electron chi connectivity index (χ1n) is 9.68. The van der Waals surface area contributed by atoms with Crippen molar-refractivity contribution >= 4 is 0 Å². The highest BCUT2D eigenvalue weighted by Crippen LogP contribution is 2.26. The van der Waals surface area contributed by atoms with Gasteiger partial charge in [-0.15, -0.1) is 0 Å². The maximum atomic E-state index is 4.39. The van der Waals surface area contributed by atoms with E-state index in [4.69, 9.17) is 0 Å². The van der Waals surface area contributed by atoms with E-state index in [-0.39, 0.29) is 0 Å². The fourth-order valence-corrected chi connectivity index (χ4v) is 3.91. The Balaban J connectivity index is 0.000000141. The number of aromatic amines is 1. The van der Waals surface area contributed by atoms with Gasteiger partial charge in [-0.2, -0.15) is 10.2 Å². The van der Waals surface area contributed by atoms with E-state index < -0.39 is 0 Å². The Hall–Kier alpha value is -1.58. The number of hydrogen-bond acceptors (Lipinski definition) is 2. The number of aryl methyl sites for hydroxylation is 2. The number of nitrogens with one attached hydrogen (secondary N) is 1. The highest BCUT2D eigenvalue weighted by Gasteiger charge is 2.18. The quantitative estimate of drug-likeness (QED) is 0.864. The Morgan fingerprint density at radius 1 is 0.958 bits per heavy atom. The van der Waals surface area contributed by atoms with Gasteiger partial charge in [-0.1, -0.05) is 27.7 Å². The smallest absolute Gasteiger partial charge is 0.0682 e. The monoisotopic (exact) mass is 328 g/mol. The van der Waals surface area contributed by atoms with Crippen molar-refractivity contribution in [2.45, 2.75) is 91.0 Å². The average Bonchev–Trinajstić information content (AvgIpc) is 3.19. The van der Waals surface area contributed by atoms with Gasteiger partial charge in [0.1, 0.15) is 0 Å². The summed E-state index contributed by atoms with van der Waals surface area (Å²) in [4.78, 5) is 0. The van der Waals surface area contributed by atoms with Crippen molar-refractivity contribution in [2.24, 2.45) is 0 Å². The molecule has 2 aliphatic rings. The van der Waals surface area contributed by atoms with Gasteiger partial charge < -0.3 is 0 Å². The molecule has 4 rings (SSSR count). The molecule has 1 N–H and O–H groups in total. The van der Waals surface area contributed by atoms with E-state index in [9.17, 15) is 0 Å². The van der Waals surface area contributed by atoms with Crippen molar-refractivity contribution in [3.05, 3.63) is 34.4 Å². The number of aromatic nitrogens is 4. The Kier molecular flexibility index (Phi) is 5.42. The Morgan fingerprint density at radius 3 is 2.46 bits per heavy atom. The van der Waals surface area contributed by atoms with Crippen molar-refractivity contribution < 1.29 is 0 Å². The molecule has 0 atom stereocenters. The van der Waals surface area contributed by atoms with Crippen LogP contribution in [0.15, 0.2) is 6.20 Å². The predicted octanol–water partition coefficient (Wildman–Crippen LogP) is 4.75. The SMILES string of the molecule is CC(C)c1cnn2c1CCCC2.CC(C)c1n[nH]c2c1CCCC2. The third-order valence-electron chi connectivity index (χ3n) is 5.27. The molecule has 4 nitrogen and oxygen atoms in total. The second-order valence-electron chi connectivity index (χ2n) is 7.81. The zero-order valence-corrected chi connectivity index (χ0v) is 15.7. The zero-order chi connectivity index (χ0) is 17.1. The summed E-state index contributed by atoms with van der Waals surface area (Å²) in [5.41, 5.74) is 7.14. The molecule has 0 saturated heterocycles. The molecule has 0 aromatic carbocycles. The number of hydrogen-bond donors (Lipinski definition) is 1. The molecule has 2 aromatic heterocycles. The van der Waals surface area contributed by atoms with Gasteiger partial charge in [0, 0.05) is 17.9 Å². The fraction of sp³-hybridized carbons (Fsp3) is 0.700. The number of H-pyrrole nitrogens is 1. The topological polar surface area (TPSA) is 46.5 Å². The molecule has 24 heavy (non-hydrogen) atoms. The minimum absolute atomic E-state index is 0.572.